The Labute approximate surface area is 91.9 Å². The van der Waals surface area contributed by atoms with Crippen molar-refractivity contribution in [3.63, 3.8) is 0 Å². The number of nitrogens with two attached hydrogens (primary N) is 1. The molecule has 2 N–H and O–H groups in total. The van der Waals surface area contributed by atoms with Crippen LogP contribution in [0.3, 0.4) is 0 Å². The van der Waals surface area contributed by atoms with Gasteiger partial charge in [-0.25, -0.2) is 0 Å². The minimum absolute atomic E-state index is 0.123. The first kappa shape index (κ1) is 13.3. The van der Waals surface area contributed by atoms with Crippen LogP contribution in [0.2, 0.25) is 0 Å². The monoisotopic (exact) mass is 296 g/mol. The molecular weight excluding hydrogens is 275 g/mol. The molecule has 0 spiro atoms. The Morgan fingerprint density at radius 3 is 2.54 bits per heavy atom. The van der Waals surface area contributed by atoms with Crippen LogP contribution in [0, 0.1) is 5.92 Å². The van der Waals surface area contributed by atoms with Crippen molar-refractivity contribution >= 4 is 24.7 Å². The van der Waals surface area contributed by atoms with Crippen LogP contribution in [0.15, 0.2) is 10.7 Å². The van der Waals surface area contributed by atoms with Crippen LogP contribution >= 0.6 is 20.7 Å². The highest BCUT2D eigenvalue weighted by atomic mass is 127. The van der Waals surface area contributed by atoms with Gasteiger partial charge in [0, 0.05) is 12.6 Å². The van der Waals surface area contributed by atoms with E-state index in [1.54, 1.807) is 0 Å². The zero-order valence-electron chi connectivity index (χ0n) is 8.83. The lowest BCUT2D eigenvalue weighted by molar-refractivity contribution is 0.231. The molecule has 0 aliphatic carbocycles. The summed E-state index contributed by atoms with van der Waals surface area (Å²) in [5.41, 5.74) is 5.71. The van der Waals surface area contributed by atoms with Gasteiger partial charge in [0.1, 0.15) is 0 Å². The van der Waals surface area contributed by atoms with E-state index in [1.165, 1.54) is 6.42 Å². The minimum atomic E-state index is 0.123. The SMILES string of the molecule is C=CI=CC[C@@H](C)C(CN)N(C)C. The largest absolute Gasteiger partial charge is 0.329 e. The second-order valence-electron chi connectivity index (χ2n) is 3.41. The molecule has 0 saturated carbocycles. The maximum Gasteiger partial charge on any atom is 0.0241 e. The Kier molecular flexibility index (Phi) is 7.80. The number of nitrogens with zero attached hydrogens (tertiary/aromatic N) is 1. The summed E-state index contributed by atoms with van der Waals surface area (Å²) in [6.45, 7) is 6.75. The van der Waals surface area contributed by atoms with Gasteiger partial charge in [0.25, 0.3) is 0 Å². The van der Waals surface area contributed by atoms with E-state index in [-0.39, 0.29) is 20.7 Å². The van der Waals surface area contributed by atoms with Gasteiger partial charge in [0.15, 0.2) is 0 Å². The molecule has 1 unspecified atom stereocenters. The summed E-state index contributed by atoms with van der Waals surface area (Å²) in [5.74, 6) is 0.652. The Balaban J connectivity index is 3.97. The smallest absolute Gasteiger partial charge is 0.0241 e. The van der Waals surface area contributed by atoms with Crippen molar-refractivity contribution in [2.24, 2.45) is 11.7 Å². The van der Waals surface area contributed by atoms with Gasteiger partial charge in [-0.2, -0.15) is 0 Å². The van der Waals surface area contributed by atoms with Gasteiger partial charge in [-0.05, 0) is 30.5 Å². The van der Waals surface area contributed by atoms with Crippen LogP contribution in [-0.4, -0.2) is 35.6 Å². The van der Waals surface area contributed by atoms with E-state index < -0.39 is 0 Å². The fourth-order valence-electron chi connectivity index (χ4n) is 1.36. The van der Waals surface area contributed by atoms with Gasteiger partial charge in [0.05, 0.1) is 0 Å². The normalized spacial score (nSPS) is 17.0. The lowest BCUT2D eigenvalue weighted by Crippen LogP contribution is -2.40. The van der Waals surface area contributed by atoms with Crippen molar-refractivity contribution in [3.05, 3.63) is 10.7 Å². The van der Waals surface area contributed by atoms with Crippen molar-refractivity contribution in [1.29, 1.82) is 0 Å². The molecule has 0 aromatic carbocycles. The fourth-order valence-corrected chi connectivity index (χ4v) is 2.82. The second-order valence-corrected chi connectivity index (χ2v) is 5.89. The van der Waals surface area contributed by atoms with Crippen LogP contribution in [0.1, 0.15) is 13.3 Å². The number of hydrogen-bond acceptors (Lipinski definition) is 2. The fraction of sp³-hybridized carbons (Fsp3) is 0.700. The molecule has 0 aromatic heterocycles. The van der Waals surface area contributed by atoms with E-state index in [0.717, 1.165) is 6.54 Å². The first-order valence-corrected chi connectivity index (χ1v) is 7.03. The van der Waals surface area contributed by atoms with Crippen molar-refractivity contribution in [3.8, 4) is 0 Å². The molecule has 0 rings (SSSR count). The van der Waals surface area contributed by atoms with E-state index in [1.807, 2.05) is 4.08 Å². The Bertz CT molecular complexity index is 166. The quantitative estimate of drug-likeness (QED) is 0.758. The summed E-state index contributed by atoms with van der Waals surface area (Å²) < 4.78 is 4.42. The summed E-state index contributed by atoms with van der Waals surface area (Å²) >= 11 is 0.123. The van der Waals surface area contributed by atoms with Gasteiger partial charge >= 0.3 is 0 Å². The van der Waals surface area contributed by atoms with Crippen LogP contribution in [-0.2, 0) is 0 Å². The van der Waals surface area contributed by atoms with Gasteiger partial charge in [-0.3, -0.25) is 0 Å². The van der Waals surface area contributed by atoms with Crippen LogP contribution in [0.5, 0.6) is 0 Å². The average molecular weight is 296 g/mol. The van der Waals surface area contributed by atoms with Gasteiger partial charge in [0.2, 0.25) is 0 Å². The van der Waals surface area contributed by atoms with E-state index in [0.29, 0.717) is 12.0 Å². The molecule has 2 nitrogen and oxygen atoms in total. The third-order valence-electron chi connectivity index (χ3n) is 2.20. The highest BCUT2D eigenvalue weighted by Crippen LogP contribution is 2.12. The van der Waals surface area contributed by atoms with Crippen LogP contribution in [0.4, 0.5) is 0 Å². The van der Waals surface area contributed by atoms with Gasteiger partial charge in [-0.1, -0.05) is 38.2 Å². The Hall–Kier alpha value is 0.260. The molecule has 0 amide bonds. The number of likely N-dealkylation sites (N-methyl/N-ethyl adjacent to an activating group) is 1. The highest BCUT2D eigenvalue weighted by molar-refractivity contribution is 14.2. The van der Waals surface area contributed by atoms with Crippen LogP contribution in [0.25, 0.3) is 0 Å². The van der Waals surface area contributed by atoms with Crippen molar-refractivity contribution in [2.45, 2.75) is 19.4 Å². The third kappa shape index (κ3) is 5.54. The van der Waals surface area contributed by atoms with Gasteiger partial charge < -0.3 is 10.6 Å². The van der Waals surface area contributed by atoms with E-state index in [4.69, 9.17) is 5.73 Å². The molecule has 3 heteroatoms. The second kappa shape index (κ2) is 7.64. The molecule has 0 bridgehead atoms. The predicted octanol–water partition coefficient (Wildman–Crippen LogP) is 1.82. The first-order chi connectivity index (χ1) is 6.13. The Morgan fingerprint density at radius 1 is 1.54 bits per heavy atom. The maximum atomic E-state index is 5.71. The summed E-state index contributed by atoms with van der Waals surface area (Å²) in [6, 6.07) is 0.505. The summed E-state index contributed by atoms with van der Waals surface area (Å²) in [4.78, 5) is 2.21. The standard InChI is InChI=1S/C10H21IN2/c1-5-11-7-6-9(2)10(8-12)13(3)4/h5,7,9-10H,1,6,8,12H2,2-4H3/t9-,10?/m1/s1. The zero-order chi connectivity index (χ0) is 10.3. The molecule has 0 saturated heterocycles. The molecule has 13 heavy (non-hydrogen) atoms. The molecule has 0 heterocycles. The molecule has 0 radical (unpaired) electrons. The number of hydrogen-bond donors (Lipinski definition) is 1. The minimum Gasteiger partial charge on any atom is -0.329 e. The molecule has 0 fully saturated rings. The summed E-state index contributed by atoms with van der Waals surface area (Å²) in [6.07, 6.45) is 1.17. The first-order valence-electron chi connectivity index (χ1n) is 4.54. The molecule has 2 atom stereocenters. The molecule has 0 aliphatic heterocycles. The van der Waals surface area contributed by atoms with Crippen molar-refractivity contribution in [1.82, 2.24) is 4.90 Å². The summed E-state index contributed by atoms with van der Waals surface area (Å²) in [5, 5.41) is 0. The van der Waals surface area contributed by atoms with Gasteiger partial charge in [-0.15, -0.1) is 0 Å². The molecular formula is C10H21IN2. The maximum absolute atomic E-state index is 5.71. The van der Waals surface area contributed by atoms with E-state index >= 15 is 0 Å². The molecule has 78 valence electrons. The topological polar surface area (TPSA) is 29.3 Å². The lowest BCUT2D eigenvalue weighted by Gasteiger charge is -2.28. The molecule has 0 aromatic rings. The van der Waals surface area contributed by atoms with Crippen molar-refractivity contribution < 1.29 is 0 Å². The van der Waals surface area contributed by atoms with E-state index in [2.05, 4.69) is 36.5 Å². The Morgan fingerprint density at radius 2 is 2.15 bits per heavy atom. The zero-order valence-corrected chi connectivity index (χ0v) is 11.0. The van der Waals surface area contributed by atoms with E-state index in [9.17, 15) is 0 Å². The average Bonchev–Trinajstić information content (AvgIpc) is 2.05. The highest BCUT2D eigenvalue weighted by Gasteiger charge is 2.16. The molecule has 0 aliphatic rings. The van der Waals surface area contributed by atoms with Crippen molar-refractivity contribution in [2.75, 3.05) is 20.6 Å². The third-order valence-corrected chi connectivity index (χ3v) is 3.73. The number of halogens is 1. The predicted molar refractivity (Wildman–Crippen MR) is 70.6 cm³/mol. The summed E-state index contributed by atoms with van der Waals surface area (Å²) in [7, 11) is 4.19. The number of rotatable bonds is 6. The lowest BCUT2D eigenvalue weighted by atomic mass is 9.99. The van der Waals surface area contributed by atoms with Crippen LogP contribution < -0.4 is 5.73 Å².